The molecule has 1 aromatic carbocycles. The SMILES string of the molecule is CCn1nccc1Cn1cc(Nc2cn(-c3c(Cl)cccc3Cl)nc2C(N)=O)cn1. The molecule has 3 heterocycles. The molecule has 4 rings (SSSR count). The number of benzene rings is 1. The lowest BCUT2D eigenvalue weighted by Crippen LogP contribution is -2.14. The number of nitrogens with zero attached hydrogens (tertiary/aromatic N) is 6. The van der Waals surface area contributed by atoms with E-state index in [4.69, 9.17) is 28.9 Å². The third kappa shape index (κ3) is 3.89. The van der Waals surface area contributed by atoms with Crippen LogP contribution < -0.4 is 11.1 Å². The molecule has 0 unspecified atom stereocenters. The van der Waals surface area contributed by atoms with E-state index < -0.39 is 5.91 Å². The average molecular weight is 445 g/mol. The van der Waals surface area contributed by atoms with Crippen molar-refractivity contribution in [3.05, 3.63) is 70.5 Å². The van der Waals surface area contributed by atoms with Crippen LogP contribution in [0.1, 0.15) is 23.1 Å². The summed E-state index contributed by atoms with van der Waals surface area (Å²) < 4.78 is 5.10. The molecule has 3 N–H and O–H groups in total. The predicted octanol–water partition coefficient (Wildman–Crippen LogP) is 3.48. The molecule has 3 aromatic heterocycles. The first-order chi connectivity index (χ1) is 14.5. The largest absolute Gasteiger partial charge is 0.364 e. The maximum atomic E-state index is 11.9. The van der Waals surface area contributed by atoms with Crippen LogP contribution in [0.15, 0.2) is 49.1 Å². The Morgan fingerprint density at radius 3 is 2.63 bits per heavy atom. The number of nitrogens with one attached hydrogen (secondary N) is 1. The lowest BCUT2D eigenvalue weighted by molar-refractivity contribution is 0.0996. The monoisotopic (exact) mass is 444 g/mol. The van der Waals surface area contributed by atoms with E-state index in [1.54, 1.807) is 41.5 Å². The van der Waals surface area contributed by atoms with Crippen molar-refractivity contribution in [1.29, 1.82) is 0 Å². The van der Waals surface area contributed by atoms with E-state index in [9.17, 15) is 4.79 Å². The van der Waals surface area contributed by atoms with Crippen LogP contribution in [-0.2, 0) is 13.1 Å². The van der Waals surface area contributed by atoms with Gasteiger partial charge < -0.3 is 11.1 Å². The van der Waals surface area contributed by atoms with Gasteiger partial charge in [-0.15, -0.1) is 0 Å². The Hall–Kier alpha value is -3.30. The van der Waals surface area contributed by atoms with Crippen molar-refractivity contribution < 1.29 is 4.79 Å². The van der Waals surface area contributed by atoms with E-state index >= 15 is 0 Å². The fourth-order valence-electron chi connectivity index (χ4n) is 3.08. The van der Waals surface area contributed by atoms with Crippen LogP contribution in [0.25, 0.3) is 5.69 Å². The fraction of sp³-hybridized carbons (Fsp3) is 0.158. The molecule has 0 atom stereocenters. The summed E-state index contributed by atoms with van der Waals surface area (Å²) in [6.45, 7) is 3.37. The van der Waals surface area contributed by atoms with Crippen LogP contribution >= 0.6 is 23.2 Å². The second-order valence-corrected chi connectivity index (χ2v) is 7.27. The highest BCUT2D eigenvalue weighted by atomic mass is 35.5. The quantitative estimate of drug-likeness (QED) is 0.453. The molecular weight excluding hydrogens is 427 g/mol. The first-order valence-corrected chi connectivity index (χ1v) is 9.86. The Morgan fingerprint density at radius 1 is 1.17 bits per heavy atom. The molecule has 0 aliphatic rings. The maximum absolute atomic E-state index is 11.9. The summed E-state index contributed by atoms with van der Waals surface area (Å²) >= 11 is 12.5. The molecule has 0 bridgehead atoms. The van der Waals surface area contributed by atoms with Gasteiger partial charge in [0, 0.05) is 18.9 Å². The zero-order chi connectivity index (χ0) is 21.3. The normalized spacial score (nSPS) is 11.0. The number of aryl methyl sites for hydroxylation is 1. The van der Waals surface area contributed by atoms with E-state index in [1.165, 1.54) is 4.68 Å². The molecule has 9 nitrogen and oxygen atoms in total. The van der Waals surface area contributed by atoms with Crippen LogP contribution in [0.2, 0.25) is 10.0 Å². The second kappa shape index (κ2) is 8.21. The van der Waals surface area contributed by atoms with Crippen molar-refractivity contribution in [1.82, 2.24) is 29.3 Å². The highest BCUT2D eigenvalue weighted by molar-refractivity contribution is 6.37. The van der Waals surface area contributed by atoms with Gasteiger partial charge >= 0.3 is 0 Å². The number of hydrogen-bond donors (Lipinski definition) is 2. The summed E-state index contributed by atoms with van der Waals surface area (Å²) in [6.07, 6.45) is 6.83. The number of carbonyl (C=O) groups is 1. The van der Waals surface area contributed by atoms with Crippen molar-refractivity contribution in [2.24, 2.45) is 5.73 Å². The number of halogens is 2. The number of anilines is 2. The van der Waals surface area contributed by atoms with Crippen LogP contribution in [0.4, 0.5) is 11.4 Å². The van der Waals surface area contributed by atoms with E-state index in [1.807, 2.05) is 23.9 Å². The Kier molecular flexibility index (Phi) is 5.47. The molecule has 4 aromatic rings. The minimum atomic E-state index is -0.682. The van der Waals surface area contributed by atoms with Crippen molar-refractivity contribution in [2.75, 3.05) is 5.32 Å². The maximum Gasteiger partial charge on any atom is 0.271 e. The minimum absolute atomic E-state index is 0.0581. The topological polar surface area (TPSA) is 109 Å². The number of hydrogen-bond acceptors (Lipinski definition) is 5. The van der Waals surface area contributed by atoms with Gasteiger partial charge in [-0.3, -0.25) is 14.2 Å². The number of para-hydroxylation sites is 1. The number of amides is 1. The zero-order valence-corrected chi connectivity index (χ0v) is 17.5. The zero-order valence-electron chi connectivity index (χ0n) is 16.0. The number of nitrogens with two attached hydrogens (primary N) is 1. The van der Waals surface area contributed by atoms with E-state index in [0.29, 0.717) is 33.7 Å². The summed E-state index contributed by atoms with van der Waals surface area (Å²) in [5.74, 6) is -0.682. The first-order valence-electron chi connectivity index (χ1n) is 9.10. The van der Waals surface area contributed by atoms with Gasteiger partial charge in [0.15, 0.2) is 5.69 Å². The summed E-state index contributed by atoms with van der Waals surface area (Å²) in [4.78, 5) is 11.9. The Balaban J connectivity index is 1.61. The fourth-order valence-corrected chi connectivity index (χ4v) is 3.66. The molecule has 0 fully saturated rings. The molecular formula is C19H18Cl2N8O. The van der Waals surface area contributed by atoms with Crippen LogP contribution in [-0.4, -0.2) is 35.2 Å². The lowest BCUT2D eigenvalue weighted by atomic mass is 10.3. The van der Waals surface area contributed by atoms with E-state index in [2.05, 4.69) is 20.6 Å². The molecule has 0 spiro atoms. The number of rotatable bonds is 7. The Labute approximate surface area is 182 Å². The highest BCUT2D eigenvalue weighted by Gasteiger charge is 2.18. The van der Waals surface area contributed by atoms with Gasteiger partial charge in [0.1, 0.15) is 5.69 Å². The van der Waals surface area contributed by atoms with Gasteiger partial charge in [-0.2, -0.15) is 15.3 Å². The van der Waals surface area contributed by atoms with Crippen molar-refractivity contribution in [3.8, 4) is 5.69 Å². The third-order valence-corrected chi connectivity index (χ3v) is 5.06. The van der Waals surface area contributed by atoms with Gasteiger partial charge in [-0.25, -0.2) is 4.68 Å². The van der Waals surface area contributed by atoms with Gasteiger partial charge in [0.25, 0.3) is 5.91 Å². The van der Waals surface area contributed by atoms with Crippen molar-refractivity contribution in [2.45, 2.75) is 20.0 Å². The third-order valence-electron chi connectivity index (χ3n) is 4.45. The summed E-state index contributed by atoms with van der Waals surface area (Å²) in [6, 6.07) is 7.05. The molecule has 0 saturated carbocycles. The number of carbonyl (C=O) groups excluding carboxylic acids is 1. The smallest absolute Gasteiger partial charge is 0.271 e. The standard InChI is InChI=1S/C19H18Cl2N8O/c1-2-28-13(6-7-23-28)10-27-9-12(8-24-27)25-16-11-29(26-17(16)19(22)30)18-14(20)4-3-5-15(18)21/h3-9,11,25H,2,10H2,1H3,(H2,22,30). The molecule has 0 saturated heterocycles. The average Bonchev–Trinajstić information content (AvgIpc) is 3.43. The molecule has 1 amide bonds. The molecule has 0 radical (unpaired) electrons. The van der Waals surface area contributed by atoms with E-state index in [-0.39, 0.29) is 5.69 Å². The summed E-state index contributed by atoms with van der Waals surface area (Å²) in [7, 11) is 0. The number of aromatic nitrogens is 6. The Bertz CT molecular complexity index is 1190. The van der Waals surface area contributed by atoms with Gasteiger partial charge in [-0.05, 0) is 25.1 Å². The summed E-state index contributed by atoms with van der Waals surface area (Å²) in [5.41, 5.74) is 8.15. The lowest BCUT2D eigenvalue weighted by Gasteiger charge is -2.06. The second-order valence-electron chi connectivity index (χ2n) is 6.46. The molecule has 0 aliphatic heterocycles. The first kappa shape index (κ1) is 20.0. The van der Waals surface area contributed by atoms with Crippen LogP contribution in [0, 0.1) is 0 Å². The number of primary amides is 1. The van der Waals surface area contributed by atoms with Crippen molar-refractivity contribution >= 4 is 40.5 Å². The molecule has 154 valence electrons. The van der Waals surface area contributed by atoms with Crippen LogP contribution in [0.5, 0.6) is 0 Å². The molecule has 0 aliphatic carbocycles. The molecule has 11 heteroatoms. The minimum Gasteiger partial charge on any atom is -0.364 e. The highest BCUT2D eigenvalue weighted by Crippen LogP contribution is 2.30. The van der Waals surface area contributed by atoms with Gasteiger partial charge in [-0.1, -0.05) is 29.3 Å². The van der Waals surface area contributed by atoms with Crippen LogP contribution in [0.3, 0.4) is 0 Å². The summed E-state index contributed by atoms with van der Waals surface area (Å²) in [5, 5.41) is 16.8. The van der Waals surface area contributed by atoms with E-state index in [0.717, 1.165) is 12.2 Å². The predicted molar refractivity (Wildman–Crippen MR) is 115 cm³/mol. The van der Waals surface area contributed by atoms with Gasteiger partial charge in [0.2, 0.25) is 0 Å². The van der Waals surface area contributed by atoms with Crippen molar-refractivity contribution in [3.63, 3.8) is 0 Å². The molecule has 30 heavy (non-hydrogen) atoms. The Morgan fingerprint density at radius 2 is 1.93 bits per heavy atom. The van der Waals surface area contributed by atoms with Gasteiger partial charge in [0.05, 0.1) is 46.1 Å².